The van der Waals surface area contributed by atoms with Gasteiger partial charge < -0.3 is 0 Å². The number of allylic oxidation sites excluding steroid dienone is 1. The van der Waals surface area contributed by atoms with E-state index in [1.165, 1.54) is 32.9 Å². The standard InChI is InChI=1S/C12H13NO.2W/c1-2-10-4-9-14-12(11(10)3-1)5-7-13-8-6-12;;/h1,3,13H,2,5-8H2;;. The Bertz CT molecular complexity index is 430. The van der Waals surface area contributed by atoms with Gasteiger partial charge in [-0.2, -0.15) is 0 Å². The van der Waals surface area contributed by atoms with Crippen LogP contribution in [-0.2, 0) is 43.4 Å². The number of hydrogen-bond donors (Lipinski definition) is 1. The van der Waals surface area contributed by atoms with Crippen molar-refractivity contribution >= 4 is 7.98 Å². The molecular formula is C12H13NOW2. The third-order valence-corrected chi connectivity index (χ3v) is 8.18. The minimum absolute atomic E-state index is 0.0175. The molecule has 2 nitrogen and oxygen atoms in total. The number of piperidine rings is 1. The van der Waals surface area contributed by atoms with E-state index >= 15 is 0 Å². The van der Waals surface area contributed by atoms with Crippen LogP contribution in [0.5, 0.6) is 0 Å². The van der Waals surface area contributed by atoms with Crippen molar-refractivity contribution in [3.8, 4) is 0 Å². The third kappa shape index (κ3) is 1.70. The van der Waals surface area contributed by atoms with Gasteiger partial charge in [-0.15, -0.1) is 0 Å². The van der Waals surface area contributed by atoms with E-state index in [9.17, 15) is 0 Å². The molecule has 0 aromatic heterocycles. The summed E-state index contributed by atoms with van der Waals surface area (Å²) in [5.74, 6) is 0. The maximum atomic E-state index is 6.33. The molecule has 0 amide bonds. The van der Waals surface area contributed by atoms with E-state index in [2.05, 4.69) is 17.5 Å². The van der Waals surface area contributed by atoms with Crippen LogP contribution >= 0.6 is 0 Å². The molecule has 0 atom stereocenters. The van der Waals surface area contributed by atoms with Gasteiger partial charge in [-0.3, -0.25) is 0 Å². The van der Waals surface area contributed by atoms with Crippen LogP contribution in [0.4, 0.5) is 0 Å². The molecule has 2 aliphatic heterocycles. The van der Waals surface area contributed by atoms with Crippen molar-refractivity contribution in [1.82, 2.24) is 5.32 Å². The Morgan fingerprint density at radius 2 is 2.00 bits per heavy atom. The predicted molar refractivity (Wildman–Crippen MR) is 56.7 cm³/mol. The molecule has 0 bridgehead atoms. The molecule has 0 radical (unpaired) electrons. The van der Waals surface area contributed by atoms with Crippen LogP contribution < -0.4 is 5.32 Å². The topological polar surface area (TPSA) is 21.3 Å². The van der Waals surface area contributed by atoms with Gasteiger partial charge in [0.1, 0.15) is 0 Å². The Morgan fingerprint density at radius 3 is 2.75 bits per heavy atom. The Labute approximate surface area is 117 Å². The number of nitrogens with one attached hydrogen (secondary N) is 1. The predicted octanol–water partition coefficient (Wildman–Crippen LogP) is 0.791. The van der Waals surface area contributed by atoms with Crippen LogP contribution in [0.25, 0.3) is 0 Å². The Hall–Kier alpha value is 0.517. The van der Waals surface area contributed by atoms with Crippen molar-refractivity contribution in [2.24, 2.45) is 0 Å². The molecule has 2 heterocycles. The van der Waals surface area contributed by atoms with Crippen molar-refractivity contribution in [3.63, 3.8) is 0 Å². The van der Waals surface area contributed by atoms with Crippen molar-refractivity contribution in [2.75, 3.05) is 13.1 Å². The van der Waals surface area contributed by atoms with Gasteiger partial charge in [-0.25, -0.2) is 0 Å². The second-order valence-corrected chi connectivity index (χ2v) is 7.26. The maximum absolute atomic E-state index is 6.33. The summed E-state index contributed by atoms with van der Waals surface area (Å²) in [6, 6.07) is 0. The molecule has 84 valence electrons. The average molecular weight is 555 g/mol. The van der Waals surface area contributed by atoms with Crippen LogP contribution in [0, 0.1) is 0 Å². The SMILES string of the molecule is [W]=[C]1OC2(CCNCC2)C2=C(CC=C2)[C]1=[W]. The van der Waals surface area contributed by atoms with Crippen LogP contribution in [-0.4, -0.2) is 26.7 Å². The fourth-order valence-electron chi connectivity index (χ4n) is 2.75. The summed E-state index contributed by atoms with van der Waals surface area (Å²) in [4.78, 5) is 0. The molecule has 1 saturated heterocycles. The second-order valence-electron chi connectivity index (χ2n) is 4.46. The molecule has 1 spiro atoms. The molecule has 0 saturated carbocycles. The molecule has 16 heavy (non-hydrogen) atoms. The second kappa shape index (κ2) is 4.32. The van der Waals surface area contributed by atoms with Crippen LogP contribution in [0.15, 0.2) is 23.3 Å². The van der Waals surface area contributed by atoms with Crippen LogP contribution in [0.1, 0.15) is 19.3 Å². The molecule has 0 aromatic rings. The summed E-state index contributed by atoms with van der Waals surface area (Å²) in [7, 11) is 0. The van der Waals surface area contributed by atoms with Gasteiger partial charge in [0.15, 0.2) is 0 Å². The van der Waals surface area contributed by atoms with E-state index in [1.54, 1.807) is 24.9 Å². The van der Waals surface area contributed by atoms with Gasteiger partial charge in [-0.1, -0.05) is 0 Å². The fourth-order valence-corrected chi connectivity index (χ4v) is 4.61. The molecule has 4 heteroatoms. The quantitative estimate of drug-likeness (QED) is 0.478. The Kier molecular flexibility index (Phi) is 3.13. The van der Waals surface area contributed by atoms with Gasteiger partial charge in [0, 0.05) is 0 Å². The molecule has 1 fully saturated rings. The first-order valence-electron chi connectivity index (χ1n) is 5.61. The van der Waals surface area contributed by atoms with E-state index < -0.39 is 0 Å². The van der Waals surface area contributed by atoms with Crippen LogP contribution in [0.2, 0.25) is 0 Å². The summed E-state index contributed by atoms with van der Waals surface area (Å²) in [6.45, 7) is 2.16. The van der Waals surface area contributed by atoms with Crippen molar-refractivity contribution in [3.05, 3.63) is 23.3 Å². The van der Waals surface area contributed by atoms with Crippen molar-refractivity contribution in [2.45, 2.75) is 24.9 Å². The average Bonchev–Trinajstić information content (AvgIpc) is 2.77. The van der Waals surface area contributed by atoms with Crippen LogP contribution in [0.3, 0.4) is 0 Å². The number of ether oxygens (including phenoxy) is 1. The number of fused-ring (bicyclic) bond motifs is 1. The first-order valence-corrected chi connectivity index (χ1v) is 8.55. The summed E-state index contributed by atoms with van der Waals surface area (Å²) in [5, 5.41) is 3.43. The summed E-state index contributed by atoms with van der Waals surface area (Å²) in [6.07, 6.45) is 7.98. The number of hydrogen-bond acceptors (Lipinski definition) is 2. The van der Waals surface area contributed by atoms with E-state index in [0.717, 1.165) is 32.4 Å². The van der Waals surface area contributed by atoms with Gasteiger partial charge >= 0.3 is 118 Å². The fraction of sp³-hybridized carbons (Fsp3) is 0.500. The summed E-state index contributed by atoms with van der Waals surface area (Å²) < 4.78 is 9.05. The summed E-state index contributed by atoms with van der Waals surface area (Å²) in [5.41, 5.74) is 3.08. The van der Waals surface area contributed by atoms with E-state index in [-0.39, 0.29) is 5.60 Å². The molecule has 1 N–H and O–H groups in total. The van der Waals surface area contributed by atoms with E-state index in [1.807, 2.05) is 0 Å². The monoisotopic (exact) mass is 555 g/mol. The zero-order chi connectivity index (χ0) is 11.2. The zero-order valence-corrected chi connectivity index (χ0v) is 14.8. The summed E-state index contributed by atoms with van der Waals surface area (Å²) >= 11 is 3.04. The third-order valence-electron chi connectivity index (χ3n) is 3.58. The van der Waals surface area contributed by atoms with Gasteiger partial charge in [0.25, 0.3) is 0 Å². The molecular weight excluding hydrogens is 542 g/mol. The molecule has 3 aliphatic rings. The van der Waals surface area contributed by atoms with Crippen molar-refractivity contribution in [1.29, 1.82) is 0 Å². The first-order chi connectivity index (χ1) is 7.73. The zero-order valence-electron chi connectivity index (χ0n) is 8.91. The Morgan fingerprint density at radius 1 is 1.25 bits per heavy atom. The van der Waals surface area contributed by atoms with E-state index in [0.29, 0.717) is 0 Å². The normalized spacial score (nSPS) is 27.8. The molecule has 0 unspecified atom stereocenters. The molecule has 1 aliphatic carbocycles. The Balaban J connectivity index is 2.08. The number of rotatable bonds is 0. The molecule has 0 aromatic carbocycles. The van der Waals surface area contributed by atoms with E-state index in [4.69, 9.17) is 4.74 Å². The molecule has 3 rings (SSSR count). The minimum atomic E-state index is 0.0175. The van der Waals surface area contributed by atoms with Gasteiger partial charge in [0.05, 0.1) is 0 Å². The van der Waals surface area contributed by atoms with Gasteiger partial charge in [0.2, 0.25) is 0 Å². The van der Waals surface area contributed by atoms with Gasteiger partial charge in [-0.05, 0) is 0 Å². The first kappa shape index (κ1) is 11.6. The van der Waals surface area contributed by atoms with Crippen molar-refractivity contribution < 1.29 is 43.4 Å².